The summed E-state index contributed by atoms with van der Waals surface area (Å²) in [5.41, 5.74) is 1.47. The third-order valence-electron chi connectivity index (χ3n) is 6.48. The first kappa shape index (κ1) is 18.3. The van der Waals surface area contributed by atoms with Crippen LogP contribution in [-0.2, 0) is 22.4 Å². The smallest absolute Gasteiger partial charge is 0.334 e. The van der Waals surface area contributed by atoms with E-state index in [4.69, 9.17) is 14.7 Å². The SMILES string of the molecule is COC(=O)C(O)C1CCN(c2nc(C3CC3)nc3sc4c(c23)CCCC4)CC1. The Balaban J connectivity index is 1.47. The molecule has 2 aromatic heterocycles. The highest BCUT2D eigenvalue weighted by atomic mass is 32.1. The fraction of sp³-hybridized carbons (Fsp3) is 0.667. The minimum Gasteiger partial charge on any atom is -0.467 e. The molecule has 1 saturated heterocycles. The quantitative estimate of drug-likeness (QED) is 0.793. The van der Waals surface area contributed by atoms with Gasteiger partial charge in [0.05, 0.1) is 12.5 Å². The molecule has 5 rings (SSSR count). The van der Waals surface area contributed by atoms with E-state index in [0.717, 1.165) is 48.8 Å². The highest BCUT2D eigenvalue weighted by Crippen LogP contribution is 2.44. The molecule has 7 heteroatoms. The van der Waals surface area contributed by atoms with Gasteiger partial charge in [0.15, 0.2) is 6.10 Å². The lowest BCUT2D eigenvalue weighted by Gasteiger charge is -2.34. The number of thiophene rings is 1. The van der Waals surface area contributed by atoms with Crippen LogP contribution in [-0.4, -0.2) is 47.3 Å². The molecule has 2 fully saturated rings. The number of hydrogen-bond acceptors (Lipinski definition) is 7. The maximum absolute atomic E-state index is 11.7. The summed E-state index contributed by atoms with van der Waals surface area (Å²) in [4.78, 5) is 26.7. The van der Waals surface area contributed by atoms with Crippen molar-refractivity contribution in [2.75, 3.05) is 25.1 Å². The maximum Gasteiger partial charge on any atom is 0.334 e. The summed E-state index contributed by atoms with van der Waals surface area (Å²) in [6.07, 6.45) is 7.74. The molecule has 0 aromatic carbocycles. The van der Waals surface area contributed by atoms with Gasteiger partial charge in [-0.05, 0) is 62.8 Å². The number of rotatable bonds is 4. The monoisotopic (exact) mass is 401 g/mol. The van der Waals surface area contributed by atoms with Gasteiger partial charge in [-0.15, -0.1) is 11.3 Å². The van der Waals surface area contributed by atoms with E-state index in [1.807, 2.05) is 11.3 Å². The normalized spacial score (nSPS) is 21.6. The van der Waals surface area contributed by atoms with Crippen molar-refractivity contribution in [2.24, 2.45) is 5.92 Å². The van der Waals surface area contributed by atoms with E-state index in [1.165, 1.54) is 55.0 Å². The molecule has 28 heavy (non-hydrogen) atoms. The van der Waals surface area contributed by atoms with Gasteiger partial charge in [-0.3, -0.25) is 0 Å². The molecule has 1 atom stereocenters. The van der Waals surface area contributed by atoms with Crippen LogP contribution in [0.4, 0.5) is 5.82 Å². The summed E-state index contributed by atoms with van der Waals surface area (Å²) in [6, 6.07) is 0. The van der Waals surface area contributed by atoms with Crippen molar-refractivity contribution >= 4 is 33.3 Å². The lowest BCUT2D eigenvalue weighted by Crippen LogP contribution is -2.41. The molecule has 2 aliphatic carbocycles. The van der Waals surface area contributed by atoms with E-state index in [9.17, 15) is 9.90 Å². The van der Waals surface area contributed by atoms with Crippen LogP contribution in [0.2, 0.25) is 0 Å². The van der Waals surface area contributed by atoms with Crippen LogP contribution < -0.4 is 4.90 Å². The molecule has 150 valence electrons. The topological polar surface area (TPSA) is 75.6 Å². The van der Waals surface area contributed by atoms with Gasteiger partial charge in [-0.1, -0.05) is 0 Å². The number of methoxy groups -OCH3 is 1. The number of nitrogens with zero attached hydrogens (tertiary/aromatic N) is 3. The predicted octanol–water partition coefficient (Wildman–Crippen LogP) is 3.20. The number of fused-ring (bicyclic) bond motifs is 3. The summed E-state index contributed by atoms with van der Waals surface area (Å²) >= 11 is 1.87. The maximum atomic E-state index is 11.7. The molecule has 0 radical (unpaired) electrons. The number of carbonyl (C=O) groups excluding carboxylic acids is 1. The predicted molar refractivity (Wildman–Crippen MR) is 109 cm³/mol. The highest BCUT2D eigenvalue weighted by Gasteiger charge is 2.34. The van der Waals surface area contributed by atoms with Crippen molar-refractivity contribution in [3.8, 4) is 0 Å². The molecule has 1 aliphatic heterocycles. The average molecular weight is 402 g/mol. The molecule has 6 nitrogen and oxygen atoms in total. The van der Waals surface area contributed by atoms with Crippen LogP contribution in [0.5, 0.6) is 0 Å². The largest absolute Gasteiger partial charge is 0.467 e. The fourth-order valence-corrected chi connectivity index (χ4v) is 5.91. The fourth-order valence-electron chi connectivity index (χ4n) is 4.65. The molecule has 1 N–H and O–H groups in total. The molecule has 3 heterocycles. The highest BCUT2D eigenvalue weighted by molar-refractivity contribution is 7.19. The second-order valence-electron chi connectivity index (χ2n) is 8.36. The van der Waals surface area contributed by atoms with E-state index in [-0.39, 0.29) is 5.92 Å². The Kier molecular flexibility index (Phi) is 4.75. The van der Waals surface area contributed by atoms with E-state index in [2.05, 4.69) is 4.90 Å². The number of aromatic nitrogens is 2. The summed E-state index contributed by atoms with van der Waals surface area (Å²) in [7, 11) is 1.33. The van der Waals surface area contributed by atoms with E-state index < -0.39 is 12.1 Å². The Morgan fingerprint density at radius 2 is 1.93 bits per heavy atom. The third kappa shape index (κ3) is 3.18. The Labute approximate surface area is 168 Å². The van der Waals surface area contributed by atoms with Crippen LogP contribution >= 0.6 is 11.3 Å². The zero-order valence-electron chi connectivity index (χ0n) is 16.3. The lowest BCUT2D eigenvalue weighted by molar-refractivity contribution is -0.153. The number of esters is 1. The molecule has 1 saturated carbocycles. The minimum absolute atomic E-state index is 0.0414. The lowest BCUT2D eigenvalue weighted by atomic mass is 9.91. The second kappa shape index (κ2) is 7.26. The number of ether oxygens (including phenoxy) is 1. The van der Waals surface area contributed by atoms with Gasteiger partial charge in [-0.25, -0.2) is 14.8 Å². The van der Waals surface area contributed by atoms with Crippen LogP contribution in [0, 0.1) is 5.92 Å². The van der Waals surface area contributed by atoms with E-state index >= 15 is 0 Å². The molecule has 0 bridgehead atoms. The first-order valence-electron chi connectivity index (χ1n) is 10.5. The van der Waals surface area contributed by atoms with Crippen LogP contribution in [0.1, 0.15) is 60.7 Å². The van der Waals surface area contributed by atoms with E-state index in [0.29, 0.717) is 5.92 Å². The number of aryl methyl sites for hydroxylation is 2. The minimum atomic E-state index is -1.02. The summed E-state index contributed by atoms with van der Waals surface area (Å²) in [6.45, 7) is 1.61. The van der Waals surface area contributed by atoms with Gasteiger partial charge in [0.25, 0.3) is 0 Å². The van der Waals surface area contributed by atoms with E-state index in [1.54, 1.807) is 0 Å². The molecule has 2 aromatic rings. The molecule has 1 unspecified atom stereocenters. The number of aliphatic hydroxyl groups is 1. The van der Waals surface area contributed by atoms with Gasteiger partial charge in [0.1, 0.15) is 16.5 Å². The third-order valence-corrected chi connectivity index (χ3v) is 7.67. The summed E-state index contributed by atoms with van der Waals surface area (Å²) in [5, 5.41) is 11.5. The van der Waals surface area contributed by atoms with Crippen LogP contribution in [0.3, 0.4) is 0 Å². The van der Waals surface area contributed by atoms with Crippen LogP contribution in [0.15, 0.2) is 0 Å². The van der Waals surface area contributed by atoms with Crippen molar-refractivity contribution in [3.63, 3.8) is 0 Å². The zero-order chi connectivity index (χ0) is 19.3. The Morgan fingerprint density at radius 1 is 1.18 bits per heavy atom. The number of piperidine rings is 1. The standard InChI is InChI=1S/C21H27N3O3S/c1-27-21(26)17(25)12-8-10-24(11-9-12)19-16-14-4-2-3-5-15(14)28-20(16)23-18(22-19)13-6-7-13/h12-13,17,25H,2-11H2,1H3. The molecule has 3 aliphatic rings. The number of carbonyl (C=O) groups is 1. The Morgan fingerprint density at radius 3 is 2.64 bits per heavy atom. The molecular formula is C21H27N3O3S. The number of hydrogen-bond donors (Lipinski definition) is 1. The summed E-state index contributed by atoms with van der Waals surface area (Å²) < 4.78 is 4.71. The van der Waals surface area contributed by atoms with Crippen molar-refractivity contribution in [1.82, 2.24) is 9.97 Å². The molecule has 0 spiro atoms. The van der Waals surface area contributed by atoms with Gasteiger partial charge in [0.2, 0.25) is 0 Å². The first-order chi connectivity index (χ1) is 13.7. The van der Waals surface area contributed by atoms with Gasteiger partial charge in [0, 0.05) is 23.9 Å². The van der Waals surface area contributed by atoms with Gasteiger partial charge >= 0.3 is 5.97 Å². The molecular weight excluding hydrogens is 374 g/mol. The Hall–Kier alpha value is -1.73. The van der Waals surface area contributed by atoms with Gasteiger partial charge in [-0.2, -0.15) is 0 Å². The van der Waals surface area contributed by atoms with Crippen molar-refractivity contribution in [2.45, 2.75) is 63.4 Å². The number of anilines is 1. The second-order valence-corrected chi connectivity index (χ2v) is 9.45. The average Bonchev–Trinajstić information content (AvgIpc) is 3.52. The van der Waals surface area contributed by atoms with Crippen molar-refractivity contribution in [3.05, 3.63) is 16.3 Å². The number of aliphatic hydroxyl groups excluding tert-OH is 1. The van der Waals surface area contributed by atoms with Crippen molar-refractivity contribution < 1.29 is 14.6 Å². The van der Waals surface area contributed by atoms with Crippen molar-refractivity contribution in [1.29, 1.82) is 0 Å². The van der Waals surface area contributed by atoms with Crippen LogP contribution in [0.25, 0.3) is 10.2 Å². The first-order valence-corrected chi connectivity index (χ1v) is 11.3. The Bertz CT molecular complexity index is 900. The summed E-state index contributed by atoms with van der Waals surface area (Å²) in [5.74, 6) is 2.07. The zero-order valence-corrected chi connectivity index (χ0v) is 17.1. The van der Waals surface area contributed by atoms with Gasteiger partial charge < -0.3 is 14.7 Å². The molecule has 0 amide bonds.